The SMILES string of the molecule is CCC(=O)n1cc2c3c(cccc31)C1=C[C@@H](C(=O)N(CC)CC)CN(CCF)[C@@H]1C2. The number of carbonyl (C=O) groups is 2. The van der Waals surface area contributed by atoms with Gasteiger partial charge in [-0.3, -0.25) is 19.1 Å². The van der Waals surface area contributed by atoms with E-state index < -0.39 is 6.67 Å². The summed E-state index contributed by atoms with van der Waals surface area (Å²) in [5, 5.41) is 1.10. The van der Waals surface area contributed by atoms with Gasteiger partial charge in [-0.2, -0.15) is 0 Å². The van der Waals surface area contributed by atoms with Crippen molar-refractivity contribution in [3.8, 4) is 0 Å². The highest BCUT2D eigenvalue weighted by atomic mass is 19.1. The van der Waals surface area contributed by atoms with Crippen LogP contribution in [0.4, 0.5) is 4.39 Å². The Morgan fingerprint density at radius 1 is 1.20 bits per heavy atom. The highest BCUT2D eigenvalue weighted by Gasteiger charge is 2.38. The average molecular weight is 412 g/mol. The van der Waals surface area contributed by atoms with Gasteiger partial charge in [0.05, 0.1) is 11.4 Å². The molecule has 0 fully saturated rings. The maximum Gasteiger partial charge on any atom is 0.230 e. The topological polar surface area (TPSA) is 45.6 Å². The molecule has 0 bridgehead atoms. The lowest BCUT2D eigenvalue weighted by Crippen LogP contribution is -2.49. The Labute approximate surface area is 177 Å². The zero-order valence-electron chi connectivity index (χ0n) is 18.0. The van der Waals surface area contributed by atoms with Crippen LogP contribution in [0.3, 0.4) is 0 Å². The van der Waals surface area contributed by atoms with Gasteiger partial charge in [0.1, 0.15) is 6.67 Å². The predicted molar refractivity (Wildman–Crippen MR) is 117 cm³/mol. The van der Waals surface area contributed by atoms with E-state index in [1.165, 1.54) is 0 Å². The molecule has 4 rings (SSSR count). The Hall–Kier alpha value is -2.47. The summed E-state index contributed by atoms with van der Waals surface area (Å²) in [7, 11) is 0. The molecule has 0 saturated heterocycles. The first-order valence-electron chi connectivity index (χ1n) is 11.0. The van der Waals surface area contributed by atoms with Crippen molar-refractivity contribution >= 4 is 28.3 Å². The van der Waals surface area contributed by atoms with Gasteiger partial charge < -0.3 is 4.90 Å². The second-order valence-corrected chi connectivity index (χ2v) is 8.11. The maximum absolute atomic E-state index is 13.4. The molecule has 160 valence electrons. The minimum Gasteiger partial charge on any atom is -0.343 e. The molecule has 0 N–H and O–H groups in total. The summed E-state index contributed by atoms with van der Waals surface area (Å²) < 4.78 is 15.2. The van der Waals surface area contributed by atoms with Crippen molar-refractivity contribution in [1.29, 1.82) is 0 Å². The van der Waals surface area contributed by atoms with Crippen LogP contribution in [0, 0.1) is 5.92 Å². The average Bonchev–Trinajstić information content (AvgIpc) is 3.14. The fourth-order valence-electron chi connectivity index (χ4n) is 5.09. The first kappa shape index (κ1) is 20.8. The third kappa shape index (κ3) is 3.27. The van der Waals surface area contributed by atoms with Gasteiger partial charge in [-0.15, -0.1) is 0 Å². The smallest absolute Gasteiger partial charge is 0.230 e. The minimum absolute atomic E-state index is 0.0344. The Balaban J connectivity index is 1.85. The lowest BCUT2D eigenvalue weighted by atomic mass is 9.79. The van der Waals surface area contributed by atoms with Crippen molar-refractivity contribution in [2.75, 3.05) is 32.9 Å². The number of aromatic nitrogens is 1. The van der Waals surface area contributed by atoms with Crippen molar-refractivity contribution in [3.63, 3.8) is 0 Å². The second kappa shape index (κ2) is 8.34. The number of carbonyl (C=O) groups excluding carboxylic acids is 2. The number of alkyl halides is 1. The maximum atomic E-state index is 13.4. The van der Waals surface area contributed by atoms with Gasteiger partial charge in [-0.25, -0.2) is 4.39 Å². The standard InChI is InChI=1S/C24H30FN3O2/c1-4-22(29)28-15-16-13-21-19(18-8-7-9-20(28)23(16)18)12-17(14-27(21)11-10-25)24(30)26(5-2)6-3/h7-9,12,15,17,21H,4-6,10-11,13-14H2,1-3H3/t17-,21-/m1/s1. The van der Waals surface area contributed by atoms with Crippen LogP contribution in [0.2, 0.25) is 0 Å². The molecule has 2 heterocycles. The number of hydrogen-bond acceptors (Lipinski definition) is 3. The van der Waals surface area contributed by atoms with Crippen molar-refractivity contribution in [2.24, 2.45) is 5.92 Å². The summed E-state index contributed by atoms with van der Waals surface area (Å²) >= 11 is 0. The van der Waals surface area contributed by atoms with E-state index in [1.54, 1.807) is 4.57 Å². The summed E-state index contributed by atoms with van der Waals surface area (Å²) in [6, 6.07) is 6.06. The Morgan fingerprint density at radius 3 is 2.63 bits per heavy atom. The molecule has 0 saturated carbocycles. The Bertz CT molecular complexity index is 1010. The van der Waals surface area contributed by atoms with Crippen molar-refractivity contribution in [3.05, 3.63) is 41.6 Å². The van der Waals surface area contributed by atoms with E-state index in [1.807, 2.05) is 44.0 Å². The van der Waals surface area contributed by atoms with Gasteiger partial charge in [0.25, 0.3) is 0 Å². The highest BCUT2D eigenvalue weighted by molar-refractivity contribution is 6.03. The number of benzene rings is 1. The second-order valence-electron chi connectivity index (χ2n) is 8.11. The molecule has 6 heteroatoms. The van der Waals surface area contributed by atoms with E-state index >= 15 is 0 Å². The molecule has 1 aromatic carbocycles. The Morgan fingerprint density at radius 2 is 1.97 bits per heavy atom. The zero-order valence-corrected chi connectivity index (χ0v) is 18.0. The third-order valence-electron chi connectivity index (χ3n) is 6.58. The molecule has 1 aromatic heterocycles. The molecular weight excluding hydrogens is 381 g/mol. The Kier molecular flexibility index (Phi) is 5.78. The molecule has 2 aliphatic rings. The summed E-state index contributed by atoms with van der Waals surface area (Å²) in [6.07, 6.45) is 5.23. The number of halogens is 1. The van der Waals surface area contributed by atoms with E-state index in [0.29, 0.717) is 32.6 Å². The molecule has 30 heavy (non-hydrogen) atoms. The zero-order chi connectivity index (χ0) is 21.4. The van der Waals surface area contributed by atoms with Gasteiger partial charge in [-0.1, -0.05) is 25.1 Å². The number of hydrogen-bond donors (Lipinski definition) is 0. The van der Waals surface area contributed by atoms with Gasteiger partial charge in [0.2, 0.25) is 11.8 Å². The van der Waals surface area contributed by atoms with Gasteiger partial charge in [0, 0.05) is 50.2 Å². The minimum atomic E-state index is -0.442. The monoisotopic (exact) mass is 411 g/mol. The van der Waals surface area contributed by atoms with Crippen molar-refractivity contribution in [1.82, 2.24) is 14.4 Å². The number of fused-ring (bicyclic) bond motifs is 2. The number of rotatable bonds is 6. The lowest BCUT2D eigenvalue weighted by molar-refractivity contribution is -0.134. The predicted octanol–water partition coefficient (Wildman–Crippen LogP) is 3.77. The molecule has 0 radical (unpaired) electrons. The van der Waals surface area contributed by atoms with Crippen molar-refractivity contribution < 1.29 is 14.0 Å². The summed E-state index contributed by atoms with van der Waals surface area (Å²) in [5.74, 6) is -0.108. The van der Waals surface area contributed by atoms with Crippen molar-refractivity contribution in [2.45, 2.75) is 39.7 Å². The van der Waals surface area contributed by atoms with Crippen LogP contribution in [0.5, 0.6) is 0 Å². The van der Waals surface area contributed by atoms with Crippen LogP contribution in [0.25, 0.3) is 16.5 Å². The number of amides is 1. The van der Waals surface area contributed by atoms with Crippen LogP contribution in [-0.2, 0) is 11.2 Å². The van der Waals surface area contributed by atoms with Crippen LogP contribution >= 0.6 is 0 Å². The number of nitrogens with zero attached hydrogens (tertiary/aromatic N) is 3. The van der Waals surface area contributed by atoms with Crippen LogP contribution in [-0.4, -0.2) is 65.1 Å². The normalized spacial score (nSPS) is 20.7. The van der Waals surface area contributed by atoms with Crippen LogP contribution < -0.4 is 0 Å². The van der Waals surface area contributed by atoms with E-state index in [2.05, 4.69) is 17.0 Å². The van der Waals surface area contributed by atoms with E-state index in [0.717, 1.165) is 34.0 Å². The molecule has 1 aliphatic heterocycles. The van der Waals surface area contributed by atoms with E-state index in [-0.39, 0.29) is 23.8 Å². The molecule has 5 nitrogen and oxygen atoms in total. The quantitative estimate of drug-likeness (QED) is 0.727. The van der Waals surface area contributed by atoms with Gasteiger partial charge in [-0.05, 0) is 43.0 Å². The molecule has 0 spiro atoms. The molecule has 2 aromatic rings. The third-order valence-corrected chi connectivity index (χ3v) is 6.58. The lowest BCUT2D eigenvalue weighted by Gasteiger charge is -2.42. The fraction of sp³-hybridized carbons (Fsp3) is 0.500. The molecule has 0 unspecified atom stereocenters. The van der Waals surface area contributed by atoms with Gasteiger partial charge in [0.15, 0.2) is 0 Å². The van der Waals surface area contributed by atoms with Gasteiger partial charge >= 0.3 is 0 Å². The molecule has 1 amide bonds. The largest absolute Gasteiger partial charge is 0.343 e. The van der Waals surface area contributed by atoms with E-state index in [9.17, 15) is 14.0 Å². The van der Waals surface area contributed by atoms with Crippen LogP contribution in [0.15, 0.2) is 30.5 Å². The fourth-order valence-corrected chi connectivity index (χ4v) is 5.09. The molecule has 2 atom stereocenters. The first-order chi connectivity index (χ1) is 14.5. The summed E-state index contributed by atoms with van der Waals surface area (Å²) in [6.45, 7) is 7.58. The summed E-state index contributed by atoms with van der Waals surface area (Å²) in [4.78, 5) is 29.6. The first-order valence-corrected chi connectivity index (χ1v) is 11.0. The van der Waals surface area contributed by atoms with E-state index in [4.69, 9.17) is 0 Å². The molecule has 1 aliphatic carbocycles. The highest BCUT2D eigenvalue weighted by Crippen LogP contribution is 2.42. The molecular formula is C24H30FN3O2. The summed E-state index contributed by atoms with van der Waals surface area (Å²) in [5.41, 5.74) is 4.21. The van der Waals surface area contributed by atoms with Crippen LogP contribution in [0.1, 0.15) is 43.1 Å².